The Labute approximate surface area is 88.2 Å². The van der Waals surface area contributed by atoms with Crippen molar-refractivity contribution in [2.45, 2.75) is 26.2 Å². The van der Waals surface area contributed by atoms with E-state index in [0.29, 0.717) is 0 Å². The van der Waals surface area contributed by atoms with Crippen molar-refractivity contribution in [1.82, 2.24) is 25.2 Å². The maximum absolute atomic E-state index is 4.22. The van der Waals surface area contributed by atoms with Gasteiger partial charge in [0.25, 0.3) is 0 Å². The average Bonchev–Trinajstić information content (AvgIpc) is 2.69. The van der Waals surface area contributed by atoms with Crippen LogP contribution in [0.2, 0.25) is 0 Å². The highest BCUT2D eigenvalue weighted by molar-refractivity contribution is 5.30. The summed E-state index contributed by atoms with van der Waals surface area (Å²) < 4.78 is 1.55. The molecule has 0 saturated carbocycles. The van der Waals surface area contributed by atoms with Crippen molar-refractivity contribution in [3.05, 3.63) is 30.2 Å². The molecular weight excluding hydrogens is 190 g/mol. The van der Waals surface area contributed by atoms with Gasteiger partial charge in [-0.3, -0.25) is 0 Å². The lowest BCUT2D eigenvalue weighted by Gasteiger charge is -2.18. The monoisotopic (exact) mass is 203 g/mol. The van der Waals surface area contributed by atoms with Crippen molar-refractivity contribution < 1.29 is 0 Å². The van der Waals surface area contributed by atoms with E-state index in [1.165, 1.54) is 11.9 Å². The van der Waals surface area contributed by atoms with Crippen LogP contribution in [0.25, 0.3) is 5.82 Å². The van der Waals surface area contributed by atoms with E-state index in [2.05, 4.69) is 41.3 Å². The highest BCUT2D eigenvalue weighted by Crippen LogP contribution is 2.22. The Bertz CT molecular complexity index is 441. The van der Waals surface area contributed by atoms with Crippen LogP contribution in [0.4, 0.5) is 0 Å². The van der Waals surface area contributed by atoms with Gasteiger partial charge in [0.2, 0.25) is 0 Å². The van der Waals surface area contributed by atoms with Crippen LogP contribution in [0, 0.1) is 0 Å². The molecule has 2 aromatic rings. The molecule has 0 atom stereocenters. The molecule has 5 heteroatoms. The smallest absolute Gasteiger partial charge is 0.157 e. The molecule has 0 saturated heterocycles. The first-order valence-electron chi connectivity index (χ1n) is 4.77. The van der Waals surface area contributed by atoms with Crippen LogP contribution >= 0.6 is 0 Å². The summed E-state index contributed by atoms with van der Waals surface area (Å²) in [4.78, 5) is 4.22. The van der Waals surface area contributed by atoms with E-state index in [1.807, 2.05) is 12.1 Å². The Hall–Kier alpha value is -1.78. The molecule has 2 aromatic heterocycles. The maximum Gasteiger partial charge on any atom is 0.157 e. The standard InChI is InChI=1S/C10H13N5/c1-10(2,3)8-4-5-11-9(6-8)15-7-12-13-14-15/h4-7H,1-3H3. The second-order valence-corrected chi connectivity index (χ2v) is 4.41. The van der Waals surface area contributed by atoms with Gasteiger partial charge >= 0.3 is 0 Å². The molecule has 0 unspecified atom stereocenters. The lowest BCUT2D eigenvalue weighted by atomic mass is 9.88. The molecule has 2 heterocycles. The molecular formula is C10H13N5. The predicted octanol–water partition coefficient (Wildman–Crippen LogP) is 1.35. The van der Waals surface area contributed by atoms with Gasteiger partial charge in [-0.05, 0) is 33.5 Å². The molecule has 0 spiro atoms. The first-order chi connectivity index (χ1) is 7.07. The zero-order chi connectivity index (χ0) is 10.9. The first-order valence-corrected chi connectivity index (χ1v) is 4.77. The van der Waals surface area contributed by atoms with Crippen LogP contribution < -0.4 is 0 Å². The van der Waals surface area contributed by atoms with Crippen molar-refractivity contribution in [2.24, 2.45) is 0 Å². The van der Waals surface area contributed by atoms with Crippen molar-refractivity contribution in [3.8, 4) is 5.82 Å². The number of rotatable bonds is 1. The Morgan fingerprint density at radius 1 is 1.27 bits per heavy atom. The second kappa shape index (κ2) is 3.42. The van der Waals surface area contributed by atoms with Crippen LogP contribution in [0.5, 0.6) is 0 Å². The van der Waals surface area contributed by atoms with E-state index in [4.69, 9.17) is 0 Å². The number of tetrazole rings is 1. The molecule has 0 aliphatic heterocycles. The number of pyridine rings is 1. The lowest BCUT2D eigenvalue weighted by molar-refractivity contribution is 0.587. The predicted molar refractivity (Wildman–Crippen MR) is 55.6 cm³/mol. The number of hydrogen-bond acceptors (Lipinski definition) is 4. The summed E-state index contributed by atoms with van der Waals surface area (Å²) in [5, 5.41) is 11.0. The fourth-order valence-corrected chi connectivity index (χ4v) is 1.28. The Kier molecular flexibility index (Phi) is 2.22. The fraction of sp³-hybridized carbons (Fsp3) is 0.400. The molecule has 0 amide bonds. The normalized spacial score (nSPS) is 11.7. The molecule has 0 aromatic carbocycles. The molecule has 0 aliphatic carbocycles. The molecule has 0 fully saturated rings. The Balaban J connectivity index is 2.44. The van der Waals surface area contributed by atoms with Crippen molar-refractivity contribution in [1.29, 1.82) is 0 Å². The van der Waals surface area contributed by atoms with Crippen LogP contribution in [0.1, 0.15) is 26.3 Å². The van der Waals surface area contributed by atoms with Gasteiger partial charge < -0.3 is 0 Å². The van der Waals surface area contributed by atoms with Crippen LogP contribution in [-0.4, -0.2) is 25.2 Å². The van der Waals surface area contributed by atoms with E-state index >= 15 is 0 Å². The van der Waals surface area contributed by atoms with Gasteiger partial charge in [0.1, 0.15) is 6.33 Å². The average molecular weight is 203 g/mol. The molecule has 0 bridgehead atoms. The number of aromatic nitrogens is 5. The summed E-state index contributed by atoms with van der Waals surface area (Å²) in [6.07, 6.45) is 3.31. The van der Waals surface area contributed by atoms with E-state index in [9.17, 15) is 0 Å². The summed E-state index contributed by atoms with van der Waals surface area (Å²) in [7, 11) is 0. The summed E-state index contributed by atoms with van der Waals surface area (Å²) in [5.41, 5.74) is 1.31. The lowest BCUT2D eigenvalue weighted by Crippen LogP contribution is -2.12. The van der Waals surface area contributed by atoms with Gasteiger partial charge in [-0.2, -0.15) is 4.68 Å². The zero-order valence-electron chi connectivity index (χ0n) is 9.05. The van der Waals surface area contributed by atoms with Gasteiger partial charge in [0.05, 0.1) is 0 Å². The topological polar surface area (TPSA) is 56.5 Å². The molecule has 78 valence electrons. The fourth-order valence-electron chi connectivity index (χ4n) is 1.28. The molecule has 0 N–H and O–H groups in total. The summed E-state index contributed by atoms with van der Waals surface area (Å²) in [5.74, 6) is 0.743. The van der Waals surface area contributed by atoms with Gasteiger partial charge in [-0.1, -0.05) is 20.8 Å². The third-order valence-corrected chi connectivity index (χ3v) is 2.20. The van der Waals surface area contributed by atoms with E-state index in [-0.39, 0.29) is 5.41 Å². The number of nitrogens with zero attached hydrogens (tertiary/aromatic N) is 5. The van der Waals surface area contributed by atoms with Crippen molar-refractivity contribution >= 4 is 0 Å². The minimum Gasteiger partial charge on any atom is -0.237 e. The van der Waals surface area contributed by atoms with Crippen LogP contribution in [0.3, 0.4) is 0 Å². The third kappa shape index (κ3) is 2.01. The summed E-state index contributed by atoms with van der Waals surface area (Å²) >= 11 is 0. The zero-order valence-corrected chi connectivity index (χ0v) is 9.05. The minimum atomic E-state index is 0.103. The van der Waals surface area contributed by atoms with Crippen LogP contribution in [-0.2, 0) is 5.41 Å². The third-order valence-electron chi connectivity index (χ3n) is 2.20. The Morgan fingerprint density at radius 3 is 2.67 bits per heavy atom. The van der Waals surface area contributed by atoms with Crippen molar-refractivity contribution in [3.63, 3.8) is 0 Å². The van der Waals surface area contributed by atoms with Gasteiger partial charge in [-0.15, -0.1) is 5.10 Å². The van der Waals surface area contributed by atoms with E-state index in [0.717, 1.165) is 5.82 Å². The summed E-state index contributed by atoms with van der Waals surface area (Å²) in [6, 6.07) is 4.00. The molecule has 2 rings (SSSR count). The molecule has 15 heavy (non-hydrogen) atoms. The molecule has 0 radical (unpaired) electrons. The second-order valence-electron chi connectivity index (χ2n) is 4.41. The SMILES string of the molecule is CC(C)(C)c1ccnc(-n2cnnn2)c1. The van der Waals surface area contributed by atoms with Crippen LogP contribution in [0.15, 0.2) is 24.7 Å². The highest BCUT2D eigenvalue weighted by atomic mass is 15.5. The van der Waals surface area contributed by atoms with Gasteiger partial charge in [0.15, 0.2) is 5.82 Å². The van der Waals surface area contributed by atoms with E-state index < -0.39 is 0 Å². The Morgan fingerprint density at radius 2 is 2.07 bits per heavy atom. The summed E-state index contributed by atoms with van der Waals surface area (Å²) in [6.45, 7) is 6.48. The van der Waals surface area contributed by atoms with Gasteiger partial charge in [-0.25, -0.2) is 4.98 Å². The van der Waals surface area contributed by atoms with Gasteiger partial charge in [0, 0.05) is 6.20 Å². The molecule has 0 aliphatic rings. The molecule has 5 nitrogen and oxygen atoms in total. The minimum absolute atomic E-state index is 0.103. The highest BCUT2D eigenvalue weighted by Gasteiger charge is 2.14. The largest absolute Gasteiger partial charge is 0.237 e. The van der Waals surface area contributed by atoms with E-state index in [1.54, 1.807) is 10.9 Å². The maximum atomic E-state index is 4.22. The number of hydrogen-bond donors (Lipinski definition) is 0. The first kappa shape index (κ1) is 9.76. The van der Waals surface area contributed by atoms with Crippen molar-refractivity contribution in [2.75, 3.05) is 0 Å². The quantitative estimate of drug-likeness (QED) is 0.702.